The number of nitrogens with zero attached hydrogens (tertiary/aromatic N) is 3. The lowest BCUT2D eigenvalue weighted by molar-refractivity contribution is 0.254. The molecule has 1 saturated heterocycles. The molecule has 0 aliphatic carbocycles. The first-order chi connectivity index (χ1) is 9.81. The van der Waals surface area contributed by atoms with Crippen LogP contribution in [0.3, 0.4) is 0 Å². The van der Waals surface area contributed by atoms with Crippen LogP contribution in [0.4, 0.5) is 5.82 Å². The van der Waals surface area contributed by atoms with Gasteiger partial charge in [0, 0.05) is 17.3 Å². The number of aromatic nitrogens is 2. The van der Waals surface area contributed by atoms with Crippen molar-refractivity contribution in [2.75, 3.05) is 18.1 Å². The lowest BCUT2D eigenvalue weighted by Gasteiger charge is -2.30. The molecule has 0 radical (unpaired) electrons. The van der Waals surface area contributed by atoms with E-state index in [1.807, 2.05) is 24.3 Å². The number of rotatable bonds is 2. The van der Waals surface area contributed by atoms with E-state index in [1.54, 1.807) is 0 Å². The SMILES string of the molecule is OCC1CCCCCN1c1nnc(Cl)c2ccccc12. The molecule has 0 spiro atoms. The topological polar surface area (TPSA) is 49.2 Å². The van der Waals surface area contributed by atoms with E-state index in [1.165, 1.54) is 6.42 Å². The summed E-state index contributed by atoms with van der Waals surface area (Å²) in [7, 11) is 0. The summed E-state index contributed by atoms with van der Waals surface area (Å²) in [6, 6.07) is 8.03. The largest absolute Gasteiger partial charge is 0.394 e. The van der Waals surface area contributed by atoms with Crippen LogP contribution in [0.25, 0.3) is 10.8 Å². The minimum Gasteiger partial charge on any atom is -0.394 e. The molecule has 2 heterocycles. The van der Waals surface area contributed by atoms with Crippen molar-refractivity contribution in [1.82, 2.24) is 10.2 Å². The lowest BCUT2D eigenvalue weighted by Crippen LogP contribution is -2.38. The summed E-state index contributed by atoms with van der Waals surface area (Å²) in [5.74, 6) is 0.839. The third kappa shape index (κ3) is 2.45. The van der Waals surface area contributed by atoms with Gasteiger partial charge in [0.25, 0.3) is 0 Å². The Bertz CT molecular complexity index is 605. The second-order valence-electron chi connectivity index (χ2n) is 5.24. The van der Waals surface area contributed by atoms with Crippen LogP contribution in [0, 0.1) is 0 Å². The summed E-state index contributed by atoms with van der Waals surface area (Å²) in [5.41, 5.74) is 0. The van der Waals surface area contributed by atoms with Crippen molar-refractivity contribution in [2.45, 2.75) is 31.7 Å². The smallest absolute Gasteiger partial charge is 0.159 e. The number of anilines is 1. The van der Waals surface area contributed by atoms with E-state index in [4.69, 9.17) is 11.6 Å². The highest BCUT2D eigenvalue weighted by atomic mass is 35.5. The van der Waals surface area contributed by atoms with E-state index in [0.29, 0.717) is 5.15 Å². The van der Waals surface area contributed by atoms with E-state index in [2.05, 4.69) is 15.1 Å². The highest BCUT2D eigenvalue weighted by Crippen LogP contribution is 2.31. The zero-order chi connectivity index (χ0) is 13.9. The van der Waals surface area contributed by atoms with Crippen molar-refractivity contribution in [2.24, 2.45) is 0 Å². The summed E-state index contributed by atoms with van der Waals surface area (Å²) < 4.78 is 0. The van der Waals surface area contributed by atoms with Gasteiger partial charge in [-0.1, -0.05) is 48.7 Å². The Morgan fingerprint density at radius 1 is 1.15 bits per heavy atom. The minimum atomic E-state index is 0.122. The Balaban J connectivity index is 2.10. The number of fused-ring (bicyclic) bond motifs is 1. The number of aliphatic hydroxyl groups excluding tert-OH is 1. The first kappa shape index (κ1) is 13.6. The van der Waals surface area contributed by atoms with Crippen molar-refractivity contribution >= 4 is 28.2 Å². The zero-order valence-corrected chi connectivity index (χ0v) is 12.1. The number of hydrogen-bond acceptors (Lipinski definition) is 4. The van der Waals surface area contributed by atoms with Gasteiger partial charge in [-0.3, -0.25) is 0 Å². The average molecular weight is 292 g/mol. The standard InChI is InChI=1S/C15H18ClN3O/c16-14-12-7-3-4-8-13(12)15(18-17-14)19-9-5-1-2-6-11(19)10-20/h3-4,7-8,11,20H,1-2,5-6,9-10H2. The second kappa shape index (κ2) is 5.94. The first-order valence-electron chi connectivity index (χ1n) is 7.09. The lowest BCUT2D eigenvalue weighted by atomic mass is 10.1. The summed E-state index contributed by atoms with van der Waals surface area (Å²) in [4.78, 5) is 2.19. The van der Waals surface area contributed by atoms with Crippen LogP contribution < -0.4 is 4.90 Å². The average Bonchev–Trinajstić information content (AvgIpc) is 2.73. The molecule has 1 aliphatic rings. The number of halogens is 1. The molecule has 1 aliphatic heterocycles. The van der Waals surface area contributed by atoms with Crippen molar-refractivity contribution in [3.63, 3.8) is 0 Å². The highest BCUT2D eigenvalue weighted by molar-refractivity contribution is 6.34. The van der Waals surface area contributed by atoms with Gasteiger partial charge in [-0.2, -0.15) is 0 Å². The fraction of sp³-hybridized carbons (Fsp3) is 0.467. The van der Waals surface area contributed by atoms with Gasteiger partial charge in [-0.25, -0.2) is 0 Å². The molecule has 2 aromatic rings. The summed E-state index contributed by atoms with van der Waals surface area (Å²) >= 11 is 6.13. The minimum absolute atomic E-state index is 0.122. The maximum absolute atomic E-state index is 9.66. The van der Waals surface area contributed by atoms with Crippen LogP contribution in [-0.4, -0.2) is 34.5 Å². The van der Waals surface area contributed by atoms with Crippen LogP contribution in [-0.2, 0) is 0 Å². The third-order valence-corrected chi connectivity index (χ3v) is 4.26. The van der Waals surface area contributed by atoms with Crippen molar-refractivity contribution < 1.29 is 5.11 Å². The molecule has 0 amide bonds. The molecule has 4 nitrogen and oxygen atoms in total. The molecule has 20 heavy (non-hydrogen) atoms. The first-order valence-corrected chi connectivity index (χ1v) is 7.47. The predicted octanol–water partition coefficient (Wildman–Crippen LogP) is 3.02. The van der Waals surface area contributed by atoms with Crippen molar-refractivity contribution in [3.05, 3.63) is 29.4 Å². The fourth-order valence-corrected chi connectivity index (χ4v) is 3.12. The summed E-state index contributed by atoms with van der Waals surface area (Å²) in [6.07, 6.45) is 4.47. The molecule has 1 aromatic carbocycles. The molecule has 1 atom stereocenters. The molecule has 1 fully saturated rings. The van der Waals surface area contributed by atoms with E-state index in [-0.39, 0.29) is 12.6 Å². The quantitative estimate of drug-likeness (QED) is 0.924. The monoisotopic (exact) mass is 291 g/mol. The van der Waals surface area contributed by atoms with Crippen LogP contribution >= 0.6 is 11.6 Å². The molecule has 0 saturated carbocycles. The summed E-state index contributed by atoms with van der Waals surface area (Å²) in [6.45, 7) is 1.06. The predicted molar refractivity (Wildman–Crippen MR) is 81.2 cm³/mol. The Hall–Kier alpha value is -1.39. The van der Waals surface area contributed by atoms with Crippen LogP contribution in [0.15, 0.2) is 24.3 Å². The third-order valence-electron chi connectivity index (χ3n) is 3.98. The van der Waals surface area contributed by atoms with E-state index >= 15 is 0 Å². The van der Waals surface area contributed by atoms with Crippen LogP contribution in [0.5, 0.6) is 0 Å². The van der Waals surface area contributed by atoms with Gasteiger partial charge in [0.05, 0.1) is 12.6 Å². The number of aliphatic hydroxyl groups is 1. The van der Waals surface area contributed by atoms with Gasteiger partial charge in [-0.05, 0) is 12.8 Å². The molecule has 3 rings (SSSR count). The molecule has 106 valence electrons. The molecule has 5 heteroatoms. The Morgan fingerprint density at radius 3 is 2.75 bits per heavy atom. The maximum atomic E-state index is 9.66. The summed E-state index contributed by atoms with van der Waals surface area (Å²) in [5, 5.41) is 20.4. The number of hydrogen-bond donors (Lipinski definition) is 1. The van der Waals surface area contributed by atoms with Gasteiger partial charge in [-0.15, -0.1) is 10.2 Å². The van der Waals surface area contributed by atoms with Gasteiger partial charge in [0.15, 0.2) is 11.0 Å². The molecule has 0 bridgehead atoms. The van der Waals surface area contributed by atoms with Crippen LogP contribution in [0.2, 0.25) is 5.15 Å². The van der Waals surface area contributed by atoms with Crippen LogP contribution in [0.1, 0.15) is 25.7 Å². The molecule has 1 N–H and O–H groups in total. The normalized spacial score (nSPS) is 20.1. The van der Waals surface area contributed by atoms with Crippen molar-refractivity contribution in [1.29, 1.82) is 0 Å². The number of benzene rings is 1. The maximum Gasteiger partial charge on any atom is 0.159 e. The van der Waals surface area contributed by atoms with Gasteiger partial charge < -0.3 is 10.0 Å². The van der Waals surface area contributed by atoms with Gasteiger partial charge in [0.1, 0.15) is 0 Å². The van der Waals surface area contributed by atoms with E-state index in [0.717, 1.165) is 42.4 Å². The van der Waals surface area contributed by atoms with Gasteiger partial charge in [0.2, 0.25) is 0 Å². The van der Waals surface area contributed by atoms with Gasteiger partial charge >= 0.3 is 0 Å². The molecule has 1 unspecified atom stereocenters. The second-order valence-corrected chi connectivity index (χ2v) is 5.60. The van der Waals surface area contributed by atoms with E-state index < -0.39 is 0 Å². The highest BCUT2D eigenvalue weighted by Gasteiger charge is 2.24. The Labute approximate surface area is 123 Å². The zero-order valence-electron chi connectivity index (χ0n) is 11.3. The Kier molecular flexibility index (Phi) is 4.03. The Morgan fingerprint density at radius 2 is 1.95 bits per heavy atom. The molecular formula is C15H18ClN3O. The molecular weight excluding hydrogens is 274 g/mol. The van der Waals surface area contributed by atoms with Crippen molar-refractivity contribution in [3.8, 4) is 0 Å². The molecule has 1 aromatic heterocycles. The fourth-order valence-electron chi connectivity index (χ4n) is 2.92. The van der Waals surface area contributed by atoms with E-state index in [9.17, 15) is 5.11 Å².